The first-order valence-electron chi connectivity index (χ1n) is 34.0. The van der Waals surface area contributed by atoms with Crippen molar-refractivity contribution in [1.29, 1.82) is 0 Å². The van der Waals surface area contributed by atoms with Crippen LogP contribution in [-0.2, 0) is 28.6 Å². The average Bonchev–Trinajstić information content (AvgIpc) is 3.49. The summed E-state index contributed by atoms with van der Waals surface area (Å²) >= 11 is 0. The minimum Gasteiger partial charge on any atom is -0.462 e. The average molecular weight is 1150 g/mol. The smallest absolute Gasteiger partial charge is 0.306 e. The lowest BCUT2D eigenvalue weighted by Gasteiger charge is -2.18. The molecule has 6 nitrogen and oxygen atoms in total. The van der Waals surface area contributed by atoms with E-state index in [2.05, 4.69) is 173 Å². The van der Waals surface area contributed by atoms with Crippen molar-refractivity contribution in [3.8, 4) is 0 Å². The summed E-state index contributed by atoms with van der Waals surface area (Å²) < 4.78 is 16.9. The molecule has 1 unspecified atom stereocenters. The number of ether oxygens (including phenoxy) is 3. The molecule has 0 saturated heterocycles. The van der Waals surface area contributed by atoms with Gasteiger partial charge in [-0.3, -0.25) is 14.4 Å². The zero-order chi connectivity index (χ0) is 59.9. The highest BCUT2D eigenvalue weighted by molar-refractivity contribution is 5.71. The minimum absolute atomic E-state index is 0.113. The normalized spacial score (nSPS) is 13.1. The standard InChI is InChI=1S/C77H124O6/c1-4-7-10-13-16-19-22-25-28-31-34-36-37-38-39-41-43-46-49-52-55-58-61-64-67-70-76(79)82-73-74(72-81-75(78)69-66-63-60-57-54-51-48-45-42-33-30-27-24-21-18-15-12-9-6-3)83-77(80)71-68-65-62-59-56-53-50-47-44-40-35-32-29-26-23-20-17-14-11-8-5-2/h7,9-10,12,16,18-19,21,23,25-28,30,32,34-36,42,44-45,47,51,54,60,63,74H,4-6,8,11,13-15,17,20,22,24,29,31,33,37-41,43,46,48-50,52-53,55-59,61-62,64-73H2,1-3H3/b10-7-,12-9-,19-16-,21-18-,26-23-,28-25-,30-27-,35-32-,36-34-,45-42-,47-44-,54-51-,63-60-. The van der Waals surface area contributed by atoms with Crippen molar-refractivity contribution in [3.05, 3.63) is 158 Å². The van der Waals surface area contributed by atoms with E-state index in [0.717, 1.165) is 128 Å². The van der Waals surface area contributed by atoms with Crippen LogP contribution in [0.15, 0.2) is 158 Å². The Labute approximate surface area is 511 Å². The Morgan fingerprint density at radius 3 is 0.807 bits per heavy atom. The molecule has 0 saturated carbocycles. The molecule has 0 aromatic carbocycles. The second kappa shape index (κ2) is 69.5. The first-order valence-corrected chi connectivity index (χ1v) is 34.0. The number of esters is 3. The van der Waals surface area contributed by atoms with E-state index in [1.54, 1.807) is 0 Å². The summed E-state index contributed by atoms with van der Waals surface area (Å²) in [6.45, 7) is 6.34. The van der Waals surface area contributed by atoms with Gasteiger partial charge in [-0.25, -0.2) is 0 Å². The summed E-state index contributed by atoms with van der Waals surface area (Å²) in [6, 6.07) is 0. The van der Waals surface area contributed by atoms with E-state index in [1.807, 2.05) is 6.08 Å². The van der Waals surface area contributed by atoms with E-state index in [9.17, 15) is 14.4 Å². The number of carbonyl (C=O) groups is 3. The molecule has 0 bridgehead atoms. The molecule has 0 aliphatic rings. The summed E-state index contributed by atoms with van der Waals surface area (Å²) in [5.41, 5.74) is 0. The Bertz CT molecular complexity index is 1840. The molecule has 0 fully saturated rings. The van der Waals surface area contributed by atoms with Crippen LogP contribution in [0.3, 0.4) is 0 Å². The first-order chi connectivity index (χ1) is 41.0. The summed E-state index contributed by atoms with van der Waals surface area (Å²) in [5.74, 6) is -1.01. The fourth-order valence-corrected chi connectivity index (χ4v) is 9.00. The molecule has 0 rings (SSSR count). The lowest BCUT2D eigenvalue weighted by Crippen LogP contribution is -2.30. The highest BCUT2D eigenvalue weighted by Gasteiger charge is 2.19. The van der Waals surface area contributed by atoms with Crippen molar-refractivity contribution in [2.24, 2.45) is 0 Å². The van der Waals surface area contributed by atoms with Gasteiger partial charge in [0.25, 0.3) is 0 Å². The van der Waals surface area contributed by atoms with E-state index in [1.165, 1.54) is 116 Å². The molecule has 83 heavy (non-hydrogen) atoms. The number of unbranched alkanes of at least 4 members (excludes halogenated alkanes) is 23. The molecule has 0 radical (unpaired) electrons. The molecule has 0 amide bonds. The monoisotopic (exact) mass is 1140 g/mol. The number of hydrogen-bond acceptors (Lipinski definition) is 6. The molecule has 0 aromatic rings. The SMILES string of the molecule is CC/C=C\C/C=C\C/C=C\C/C=C\C/C=C\C/C=C\CCC(=O)OCC(COC(=O)CCCCCCCCCCCCCC/C=C\C/C=C\C/C=C\C/C=C\CC)OC(=O)CCCCCCCC/C=C\C/C=C\C/C=C\CCCCCCC. The van der Waals surface area contributed by atoms with Crippen molar-refractivity contribution < 1.29 is 28.6 Å². The third kappa shape index (κ3) is 67.7. The van der Waals surface area contributed by atoms with Crippen LogP contribution in [0.4, 0.5) is 0 Å². The maximum Gasteiger partial charge on any atom is 0.306 e. The Hall–Kier alpha value is -4.97. The van der Waals surface area contributed by atoms with Gasteiger partial charge < -0.3 is 14.2 Å². The summed E-state index contributed by atoms with van der Waals surface area (Å²) in [6.07, 6.45) is 101. The summed E-state index contributed by atoms with van der Waals surface area (Å²) in [7, 11) is 0. The van der Waals surface area contributed by atoms with Crippen LogP contribution in [0.2, 0.25) is 0 Å². The van der Waals surface area contributed by atoms with Gasteiger partial charge in [-0.1, -0.05) is 294 Å². The van der Waals surface area contributed by atoms with Crippen molar-refractivity contribution >= 4 is 17.9 Å². The van der Waals surface area contributed by atoms with Crippen LogP contribution < -0.4 is 0 Å². The Morgan fingerprint density at radius 2 is 0.494 bits per heavy atom. The zero-order valence-electron chi connectivity index (χ0n) is 53.7. The number of allylic oxidation sites excluding steroid dienone is 26. The Kier molecular flexibility index (Phi) is 65.4. The van der Waals surface area contributed by atoms with Gasteiger partial charge in [0.15, 0.2) is 6.10 Å². The highest BCUT2D eigenvalue weighted by atomic mass is 16.6. The van der Waals surface area contributed by atoms with E-state index >= 15 is 0 Å². The molecule has 468 valence electrons. The highest BCUT2D eigenvalue weighted by Crippen LogP contribution is 2.15. The molecule has 0 aliphatic carbocycles. The van der Waals surface area contributed by atoms with E-state index < -0.39 is 6.10 Å². The topological polar surface area (TPSA) is 78.9 Å². The number of rotatable bonds is 60. The van der Waals surface area contributed by atoms with Gasteiger partial charge in [-0.2, -0.15) is 0 Å². The van der Waals surface area contributed by atoms with E-state index in [4.69, 9.17) is 14.2 Å². The minimum atomic E-state index is -0.826. The van der Waals surface area contributed by atoms with E-state index in [0.29, 0.717) is 19.3 Å². The zero-order valence-corrected chi connectivity index (χ0v) is 53.7. The summed E-state index contributed by atoms with van der Waals surface area (Å²) in [4.78, 5) is 38.4. The maximum atomic E-state index is 12.9. The predicted molar refractivity (Wildman–Crippen MR) is 362 cm³/mol. The molecule has 0 aliphatic heterocycles. The summed E-state index contributed by atoms with van der Waals surface area (Å²) in [5, 5.41) is 0. The van der Waals surface area contributed by atoms with Crippen LogP contribution in [0, 0.1) is 0 Å². The third-order valence-electron chi connectivity index (χ3n) is 14.0. The van der Waals surface area contributed by atoms with Crippen molar-refractivity contribution in [1.82, 2.24) is 0 Å². The Balaban J connectivity index is 4.50. The van der Waals surface area contributed by atoms with Crippen molar-refractivity contribution in [2.45, 2.75) is 297 Å². The lowest BCUT2D eigenvalue weighted by molar-refractivity contribution is -0.166. The van der Waals surface area contributed by atoms with Gasteiger partial charge in [0.2, 0.25) is 0 Å². The third-order valence-corrected chi connectivity index (χ3v) is 14.0. The van der Waals surface area contributed by atoms with Crippen LogP contribution in [0.1, 0.15) is 290 Å². The van der Waals surface area contributed by atoms with Gasteiger partial charge in [0.05, 0.1) is 0 Å². The molecular weight excluding hydrogens is 1020 g/mol. The maximum absolute atomic E-state index is 12.9. The van der Waals surface area contributed by atoms with Crippen LogP contribution in [0.25, 0.3) is 0 Å². The number of carbonyl (C=O) groups excluding carboxylic acids is 3. The fraction of sp³-hybridized carbons (Fsp3) is 0.623. The van der Waals surface area contributed by atoms with Gasteiger partial charge in [0.1, 0.15) is 13.2 Å². The van der Waals surface area contributed by atoms with Gasteiger partial charge in [-0.05, 0) is 135 Å². The fourth-order valence-electron chi connectivity index (χ4n) is 9.00. The van der Waals surface area contributed by atoms with Crippen LogP contribution in [-0.4, -0.2) is 37.2 Å². The Morgan fingerprint density at radius 1 is 0.253 bits per heavy atom. The molecule has 0 N–H and O–H groups in total. The lowest BCUT2D eigenvalue weighted by atomic mass is 10.0. The van der Waals surface area contributed by atoms with Gasteiger partial charge in [0, 0.05) is 19.3 Å². The van der Waals surface area contributed by atoms with Gasteiger partial charge >= 0.3 is 17.9 Å². The molecule has 1 atom stereocenters. The van der Waals surface area contributed by atoms with Crippen molar-refractivity contribution in [2.75, 3.05) is 13.2 Å². The van der Waals surface area contributed by atoms with Crippen LogP contribution >= 0.6 is 0 Å². The molecule has 6 heteroatoms. The molecule has 0 heterocycles. The van der Waals surface area contributed by atoms with Gasteiger partial charge in [-0.15, -0.1) is 0 Å². The largest absolute Gasteiger partial charge is 0.462 e. The first kappa shape index (κ1) is 78.0. The van der Waals surface area contributed by atoms with E-state index in [-0.39, 0.29) is 37.5 Å². The molecule has 0 spiro atoms. The molecular formula is C77H124O6. The predicted octanol–water partition coefficient (Wildman–Crippen LogP) is 23.7. The quantitative estimate of drug-likeness (QED) is 0.0261. The van der Waals surface area contributed by atoms with Crippen molar-refractivity contribution in [3.63, 3.8) is 0 Å². The second-order valence-electron chi connectivity index (χ2n) is 22.0. The second-order valence-corrected chi connectivity index (χ2v) is 22.0. The number of hydrogen-bond donors (Lipinski definition) is 0. The van der Waals surface area contributed by atoms with Crippen LogP contribution in [0.5, 0.6) is 0 Å². The molecule has 0 aromatic heterocycles.